The number of benzene rings is 1. The molecule has 1 aromatic carbocycles. The Bertz CT molecular complexity index is 378. The van der Waals surface area contributed by atoms with Crippen LogP contribution >= 0.6 is 0 Å². The molecule has 1 rings (SSSR count). The van der Waals surface area contributed by atoms with Gasteiger partial charge in [-0.1, -0.05) is 6.92 Å². The number of ether oxygens (including phenoxy) is 2. The van der Waals surface area contributed by atoms with Crippen LogP contribution < -0.4 is 20.1 Å². The van der Waals surface area contributed by atoms with Crippen LogP contribution in [0.1, 0.15) is 18.4 Å². The lowest BCUT2D eigenvalue weighted by Gasteiger charge is -2.21. The Kier molecular flexibility index (Phi) is 4.63. The molecular weight excluding hydrogens is 216 g/mol. The lowest BCUT2D eigenvalue weighted by Crippen LogP contribution is -2.13. The van der Waals surface area contributed by atoms with Crippen LogP contribution in [0.25, 0.3) is 0 Å². The van der Waals surface area contributed by atoms with Crippen molar-refractivity contribution in [3.8, 4) is 11.5 Å². The molecule has 0 bridgehead atoms. The van der Waals surface area contributed by atoms with Crippen LogP contribution in [0.5, 0.6) is 11.5 Å². The number of methoxy groups -OCH3 is 2. The molecule has 0 amide bonds. The van der Waals surface area contributed by atoms with E-state index in [0.717, 1.165) is 22.7 Å². The number of nitrogens with two attached hydrogens (primary N) is 1. The second kappa shape index (κ2) is 5.77. The van der Waals surface area contributed by atoms with Crippen molar-refractivity contribution in [3.05, 3.63) is 17.7 Å². The maximum Gasteiger partial charge on any atom is 0.142 e. The Morgan fingerprint density at radius 1 is 1.18 bits per heavy atom. The van der Waals surface area contributed by atoms with Crippen molar-refractivity contribution in [2.45, 2.75) is 12.8 Å². The third-order valence-corrected chi connectivity index (χ3v) is 2.90. The number of hydrogen-bond acceptors (Lipinski definition) is 4. The molecular formula is C13H22N2O2. The van der Waals surface area contributed by atoms with Crippen molar-refractivity contribution in [1.82, 2.24) is 0 Å². The third kappa shape index (κ3) is 2.82. The van der Waals surface area contributed by atoms with E-state index in [1.807, 2.05) is 31.1 Å². The summed E-state index contributed by atoms with van der Waals surface area (Å²) in [7, 11) is 7.30. The highest BCUT2D eigenvalue weighted by atomic mass is 16.5. The zero-order valence-corrected chi connectivity index (χ0v) is 11.3. The fourth-order valence-electron chi connectivity index (χ4n) is 1.77. The largest absolute Gasteiger partial charge is 0.496 e. The summed E-state index contributed by atoms with van der Waals surface area (Å²) in [6, 6.07) is 3.99. The summed E-state index contributed by atoms with van der Waals surface area (Å²) in [5, 5.41) is 0. The van der Waals surface area contributed by atoms with Gasteiger partial charge in [0.25, 0.3) is 0 Å². The Labute approximate surface area is 103 Å². The average molecular weight is 238 g/mol. The van der Waals surface area contributed by atoms with Crippen LogP contribution in [0.3, 0.4) is 0 Å². The van der Waals surface area contributed by atoms with Crippen molar-refractivity contribution in [3.63, 3.8) is 0 Å². The first kappa shape index (κ1) is 13.6. The second-order valence-corrected chi connectivity index (χ2v) is 4.30. The molecule has 4 heteroatoms. The lowest BCUT2D eigenvalue weighted by atomic mass is 9.99. The van der Waals surface area contributed by atoms with Crippen LogP contribution in [0, 0.1) is 0 Å². The van der Waals surface area contributed by atoms with Crippen LogP contribution in [0.2, 0.25) is 0 Å². The van der Waals surface area contributed by atoms with Gasteiger partial charge in [-0.15, -0.1) is 0 Å². The van der Waals surface area contributed by atoms with Gasteiger partial charge in [-0.25, -0.2) is 0 Å². The minimum atomic E-state index is 0.245. The van der Waals surface area contributed by atoms with Crippen molar-refractivity contribution in [2.24, 2.45) is 5.73 Å². The van der Waals surface area contributed by atoms with E-state index in [9.17, 15) is 0 Å². The highest BCUT2D eigenvalue weighted by Crippen LogP contribution is 2.37. The van der Waals surface area contributed by atoms with Crippen molar-refractivity contribution < 1.29 is 9.47 Å². The van der Waals surface area contributed by atoms with E-state index in [1.54, 1.807) is 14.2 Å². The molecule has 4 nitrogen and oxygen atoms in total. The molecule has 96 valence electrons. The Morgan fingerprint density at radius 3 is 2.18 bits per heavy atom. The number of rotatable bonds is 5. The van der Waals surface area contributed by atoms with E-state index >= 15 is 0 Å². The van der Waals surface area contributed by atoms with E-state index in [4.69, 9.17) is 15.2 Å². The standard InChI is InChI=1S/C13H22N2O2/c1-9(8-14)10-6-13(17-5)11(15(2)3)7-12(10)16-4/h6-7,9H,8,14H2,1-5H3. The summed E-state index contributed by atoms with van der Waals surface area (Å²) in [4.78, 5) is 2.00. The molecule has 0 aliphatic carbocycles. The van der Waals surface area contributed by atoms with E-state index in [1.165, 1.54) is 0 Å². The molecule has 1 unspecified atom stereocenters. The van der Waals surface area contributed by atoms with Gasteiger partial charge >= 0.3 is 0 Å². The maximum atomic E-state index is 5.71. The Balaban J connectivity index is 3.32. The molecule has 0 aliphatic heterocycles. The lowest BCUT2D eigenvalue weighted by molar-refractivity contribution is 0.396. The van der Waals surface area contributed by atoms with Crippen LogP contribution in [0.15, 0.2) is 12.1 Å². The molecule has 0 saturated carbocycles. The predicted octanol–water partition coefficient (Wildman–Crippen LogP) is 1.83. The molecule has 1 atom stereocenters. The van der Waals surface area contributed by atoms with Crippen LogP contribution in [-0.4, -0.2) is 34.9 Å². The van der Waals surface area contributed by atoms with E-state index < -0.39 is 0 Å². The van der Waals surface area contributed by atoms with Gasteiger partial charge in [0.15, 0.2) is 0 Å². The number of hydrogen-bond donors (Lipinski definition) is 1. The second-order valence-electron chi connectivity index (χ2n) is 4.30. The molecule has 2 N–H and O–H groups in total. The topological polar surface area (TPSA) is 47.7 Å². The van der Waals surface area contributed by atoms with Crippen molar-refractivity contribution in [2.75, 3.05) is 39.8 Å². The molecule has 0 radical (unpaired) electrons. The number of nitrogens with zero attached hydrogens (tertiary/aromatic N) is 1. The van der Waals surface area contributed by atoms with E-state index in [0.29, 0.717) is 6.54 Å². The number of anilines is 1. The zero-order chi connectivity index (χ0) is 13.0. The fourth-order valence-corrected chi connectivity index (χ4v) is 1.77. The Morgan fingerprint density at radius 2 is 1.76 bits per heavy atom. The van der Waals surface area contributed by atoms with Gasteiger partial charge in [-0.3, -0.25) is 0 Å². The molecule has 1 aromatic rings. The molecule has 17 heavy (non-hydrogen) atoms. The summed E-state index contributed by atoms with van der Waals surface area (Å²) in [5.74, 6) is 1.94. The van der Waals surface area contributed by atoms with Crippen LogP contribution in [-0.2, 0) is 0 Å². The Hall–Kier alpha value is -1.42. The fraction of sp³-hybridized carbons (Fsp3) is 0.538. The first-order valence-corrected chi connectivity index (χ1v) is 5.68. The molecule has 0 aromatic heterocycles. The van der Waals surface area contributed by atoms with E-state index in [-0.39, 0.29) is 5.92 Å². The first-order valence-electron chi connectivity index (χ1n) is 5.68. The van der Waals surface area contributed by atoms with E-state index in [2.05, 4.69) is 6.92 Å². The van der Waals surface area contributed by atoms with Crippen molar-refractivity contribution in [1.29, 1.82) is 0 Å². The SMILES string of the molecule is COc1cc(N(C)C)c(OC)cc1C(C)CN. The highest BCUT2D eigenvalue weighted by Gasteiger charge is 2.16. The highest BCUT2D eigenvalue weighted by molar-refractivity contribution is 5.63. The monoisotopic (exact) mass is 238 g/mol. The maximum absolute atomic E-state index is 5.71. The van der Waals surface area contributed by atoms with Gasteiger partial charge in [-0.05, 0) is 18.5 Å². The molecule has 0 saturated heterocycles. The smallest absolute Gasteiger partial charge is 0.142 e. The normalized spacial score (nSPS) is 12.1. The summed E-state index contributed by atoms with van der Waals surface area (Å²) in [6.07, 6.45) is 0. The molecule has 0 aliphatic rings. The molecule has 0 heterocycles. The summed E-state index contributed by atoms with van der Waals surface area (Å²) < 4.78 is 10.8. The summed E-state index contributed by atoms with van der Waals surface area (Å²) >= 11 is 0. The molecule has 0 spiro atoms. The van der Waals surface area contributed by atoms with Gasteiger partial charge in [0.05, 0.1) is 19.9 Å². The van der Waals surface area contributed by atoms with Crippen LogP contribution in [0.4, 0.5) is 5.69 Å². The quantitative estimate of drug-likeness (QED) is 0.850. The minimum Gasteiger partial charge on any atom is -0.496 e. The van der Waals surface area contributed by atoms with Crippen molar-refractivity contribution >= 4 is 5.69 Å². The molecule has 0 fully saturated rings. The van der Waals surface area contributed by atoms with Gasteiger partial charge in [-0.2, -0.15) is 0 Å². The summed E-state index contributed by atoms with van der Waals surface area (Å²) in [5.41, 5.74) is 7.79. The van der Waals surface area contributed by atoms with Gasteiger partial charge in [0, 0.05) is 25.7 Å². The first-order chi connectivity index (χ1) is 8.04. The van der Waals surface area contributed by atoms with Gasteiger partial charge < -0.3 is 20.1 Å². The minimum absolute atomic E-state index is 0.245. The average Bonchev–Trinajstić information content (AvgIpc) is 2.35. The van der Waals surface area contributed by atoms with Gasteiger partial charge in [0.2, 0.25) is 0 Å². The predicted molar refractivity (Wildman–Crippen MR) is 71.3 cm³/mol. The third-order valence-electron chi connectivity index (χ3n) is 2.90. The summed E-state index contributed by atoms with van der Waals surface area (Å²) in [6.45, 7) is 2.66. The zero-order valence-electron chi connectivity index (χ0n) is 11.3. The van der Waals surface area contributed by atoms with Gasteiger partial charge in [0.1, 0.15) is 11.5 Å².